The van der Waals surface area contributed by atoms with E-state index in [0.29, 0.717) is 23.1 Å². The lowest BCUT2D eigenvalue weighted by molar-refractivity contribution is 0.0697. The lowest BCUT2D eigenvalue weighted by Crippen LogP contribution is -2.02. The molecule has 0 saturated carbocycles. The molecular formula is C13H13ClN2O3. The standard InChI is InChI=1S/C13H13ClN2O3/c1-2-9-6-16-12(19-9)7-15-11-4-3-8(13(17)18)5-10(11)14/h3-6,15H,2,7H2,1H3,(H,17,18). The molecule has 1 aromatic heterocycles. The fourth-order valence-electron chi connectivity index (χ4n) is 1.56. The van der Waals surface area contributed by atoms with Crippen LogP contribution < -0.4 is 5.32 Å². The molecule has 2 N–H and O–H groups in total. The molecule has 0 saturated heterocycles. The summed E-state index contributed by atoms with van der Waals surface area (Å²) in [5.41, 5.74) is 0.794. The van der Waals surface area contributed by atoms with Crippen molar-refractivity contribution in [2.24, 2.45) is 0 Å². The highest BCUT2D eigenvalue weighted by atomic mass is 35.5. The Balaban J connectivity index is 2.05. The normalized spacial score (nSPS) is 10.4. The number of benzene rings is 1. The van der Waals surface area contributed by atoms with Crippen LogP contribution in [0.4, 0.5) is 5.69 Å². The number of oxazole rings is 1. The number of aryl methyl sites for hydroxylation is 1. The number of nitrogens with zero attached hydrogens (tertiary/aromatic N) is 1. The van der Waals surface area contributed by atoms with E-state index in [-0.39, 0.29) is 5.56 Å². The molecule has 0 aliphatic rings. The molecule has 0 atom stereocenters. The molecule has 5 nitrogen and oxygen atoms in total. The Kier molecular flexibility index (Phi) is 4.06. The molecule has 2 aromatic rings. The van der Waals surface area contributed by atoms with Gasteiger partial charge in [0.2, 0.25) is 5.89 Å². The number of carboxylic acid groups (broad SMARTS) is 1. The molecule has 0 fully saturated rings. The van der Waals surface area contributed by atoms with Gasteiger partial charge in [-0.1, -0.05) is 18.5 Å². The van der Waals surface area contributed by atoms with Gasteiger partial charge in [-0.2, -0.15) is 0 Å². The summed E-state index contributed by atoms with van der Waals surface area (Å²) in [5.74, 6) is 0.382. The van der Waals surface area contributed by atoms with Crippen molar-refractivity contribution in [1.29, 1.82) is 0 Å². The molecule has 0 aliphatic heterocycles. The van der Waals surface area contributed by atoms with Gasteiger partial charge in [0.15, 0.2) is 0 Å². The van der Waals surface area contributed by atoms with Gasteiger partial charge in [-0.25, -0.2) is 9.78 Å². The number of aromatic carboxylic acids is 1. The van der Waals surface area contributed by atoms with Gasteiger partial charge in [0.1, 0.15) is 5.76 Å². The van der Waals surface area contributed by atoms with E-state index in [4.69, 9.17) is 21.1 Å². The van der Waals surface area contributed by atoms with Crippen molar-refractivity contribution in [3.8, 4) is 0 Å². The maximum absolute atomic E-state index is 10.8. The first kappa shape index (κ1) is 13.4. The van der Waals surface area contributed by atoms with Crippen LogP contribution in [0.3, 0.4) is 0 Å². The minimum absolute atomic E-state index is 0.153. The van der Waals surface area contributed by atoms with Gasteiger partial charge in [-0.05, 0) is 18.2 Å². The summed E-state index contributed by atoms with van der Waals surface area (Å²) in [6, 6.07) is 4.51. The smallest absolute Gasteiger partial charge is 0.335 e. The molecule has 0 spiro atoms. The predicted molar refractivity (Wildman–Crippen MR) is 71.6 cm³/mol. The van der Waals surface area contributed by atoms with E-state index in [0.717, 1.165) is 12.2 Å². The monoisotopic (exact) mass is 280 g/mol. The highest BCUT2D eigenvalue weighted by molar-refractivity contribution is 6.33. The third-order valence-corrected chi connectivity index (χ3v) is 2.91. The zero-order valence-electron chi connectivity index (χ0n) is 10.3. The lowest BCUT2D eigenvalue weighted by atomic mass is 10.2. The van der Waals surface area contributed by atoms with Gasteiger partial charge in [0, 0.05) is 6.42 Å². The molecule has 0 amide bonds. The van der Waals surface area contributed by atoms with E-state index in [2.05, 4.69) is 10.3 Å². The number of rotatable bonds is 5. The molecule has 6 heteroatoms. The van der Waals surface area contributed by atoms with Gasteiger partial charge >= 0.3 is 5.97 Å². The van der Waals surface area contributed by atoms with Crippen molar-refractivity contribution < 1.29 is 14.3 Å². The van der Waals surface area contributed by atoms with Crippen molar-refractivity contribution in [2.75, 3.05) is 5.32 Å². The number of aromatic nitrogens is 1. The van der Waals surface area contributed by atoms with Gasteiger partial charge in [-0.3, -0.25) is 0 Å². The highest BCUT2D eigenvalue weighted by Crippen LogP contribution is 2.23. The summed E-state index contributed by atoms with van der Waals surface area (Å²) >= 11 is 6.00. The van der Waals surface area contributed by atoms with Gasteiger partial charge in [0.25, 0.3) is 0 Å². The number of hydrogen-bond acceptors (Lipinski definition) is 4. The number of anilines is 1. The van der Waals surface area contributed by atoms with Gasteiger partial charge in [0.05, 0.1) is 29.0 Å². The molecule has 19 heavy (non-hydrogen) atoms. The van der Waals surface area contributed by atoms with Crippen LogP contribution in [0.1, 0.15) is 28.9 Å². The van der Waals surface area contributed by atoms with Gasteiger partial charge < -0.3 is 14.8 Å². The van der Waals surface area contributed by atoms with E-state index in [1.165, 1.54) is 12.1 Å². The molecule has 0 bridgehead atoms. The molecule has 100 valence electrons. The molecular weight excluding hydrogens is 268 g/mol. The maximum Gasteiger partial charge on any atom is 0.335 e. The minimum atomic E-state index is -1.01. The second kappa shape index (κ2) is 5.75. The fraction of sp³-hybridized carbons (Fsp3) is 0.231. The Bertz CT molecular complexity index is 595. The lowest BCUT2D eigenvalue weighted by Gasteiger charge is -2.07. The van der Waals surface area contributed by atoms with E-state index in [1.54, 1.807) is 12.3 Å². The summed E-state index contributed by atoms with van der Waals surface area (Å²) in [5, 5.41) is 12.2. The first-order valence-corrected chi connectivity index (χ1v) is 6.18. The Morgan fingerprint density at radius 2 is 2.32 bits per heavy atom. The largest absolute Gasteiger partial charge is 0.478 e. The second-order valence-electron chi connectivity index (χ2n) is 3.93. The van der Waals surface area contributed by atoms with E-state index >= 15 is 0 Å². The quantitative estimate of drug-likeness (QED) is 0.879. The first-order chi connectivity index (χ1) is 9.10. The number of halogens is 1. The van der Waals surface area contributed by atoms with Crippen LogP contribution >= 0.6 is 11.6 Å². The number of nitrogens with one attached hydrogen (secondary N) is 1. The van der Waals surface area contributed by atoms with Crippen molar-refractivity contribution in [3.63, 3.8) is 0 Å². The molecule has 1 heterocycles. The van der Waals surface area contributed by atoms with E-state index < -0.39 is 5.97 Å². The number of hydrogen-bond donors (Lipinski definition) is 2. The van der Waals surface area contributed by atoms with Gasteiger partial charge in [-0.15, -0.1) is 0 Å². The van der Waals surface area contributed by atoms with Crippen LogP contribution in [0.5, 0.6) is 0 Å². The van der Waals surface area contributed by atoms with E-state index in [1.807, 2.05) is 6.92 Å². The van der Waals surface area contributed by atoms with Crippen molar-refractivity contribution in [3.05, 3.63) is 46.6 Å². The molecule has 1 aromatic carbocycles. The Morgan fingerprint density at radius 3 is 2.89 bits per heavy atom. The van der Waals surface area contributed by atoms with Crippen LogP contribution in [0.15, 0.2) is 28.8 Å². The Hall–Kier alpha value is -2.01. The van der Waals surface area contributed by atoms with Crippen molar-refractivity contribution in [2.45, 2.75) is 19.9 Å². The van der Waals surface area contributed by atoms with Crippen LogP contribution in [0.2, 0.25) is 5.02 Å². The number of carboxylic acids is 1. The third kappa shape index (κ3) is 3.26. The average Bonchev–Trinajstić information content (AvgIpc) is 2.85. The van der Waals surface area contributed by atoms with Crippen molar-refractivity contribution in [1.82, 2.24) is 4.98 Å². The second-order valence-corrected chi connectivity index (χ2v) is 4.33. The highest BCUT2D eigenvalue weighted by Gasteiger charge is 2.08. The third-order valence-electron chi connectivity index (χ3n) is 2.60. The molecule has 0 aliphatic carbocycles. The minimum Gasteiger partial charge on any atom is -0.478 e. The summed E-state index contributed by atoms with van der Waals surface area (Å²) in [7, 11) is 0. The van der Waals surface area contributed by atoms with Crippen LogP contribution in [0.25, 0.3) is 0 Å². The molecule has 2 rings (SSSR count). The van der Waals surface area contributed by atoms with Crippen LogP contribution in [-0.2, 0) is 13.0 Å². The zero-order chi connectivity index (χ0) is 13.8. The summed E-state index contributed by atoms with van der Waals surface area (Å²) in [6.07, 6.45) is 2.48. The maximum atomic E-state index is 10.8. The van der Waals surface area contributed by atoms with Crippen LogP contribution in [0, 0.1) is 0 Å². The summed E-state index contributed by atoms with van der Waals surface area (Å²) in [6.45, 7) is 2.38. The molecule has 0 radical (unpaired) electrons. The molecule has 0 unspecified atom stereocenters. The summed E-state index contributed by atoms with van der Waals surface area (Å²) in [4.78, 5) is 14.9. The number of carbonyl (C=O) groups is 1. The first-order valence-electron chi connectivity index (χ1n) is 5.80. The zero-order valence-corrected chi connectivity index (χ0v) is 11.1. The SMILES string of the molecule is CCc1cnc(CNc2ccc(C(=O)O)cc2Cl)o1. The van der Waals surface area contributed by atoms with Crippen LogP contribution in [-0.4, -0.2) is 16.1 Å². The average molecular weight is 281 g/mol. The fourth-order valence-corrected chi connectivity index (χ4v) is 1.80. The van der Waals surface area contributed by atoms with Crippen molar-refractivity contribution >= 4 is 23.3 Å². The summed E-state index contributed by atoms with van der Waals surface area (Å²) < 4.78 is 5.45. The van der Waals surface area contributed by atoms with E-state index in [9.17, 15) is 4.79 Å². The topological polar surface area (TPSA) is 75.4 Å². The Morgan fingerprint density at radius 1 is 1.53 bits per heavy atom. The predicted octanol–water partition coefficient (Wildman–Crippen LogP) is 3.20. The Labute approximate surface area is 115 Å².